The Morgan fingerprint density at radius 2 is 1.90 bits per heavy atom. The first-order valence-corrected chi connectivity index (χ1v) is 12.8. The maximum absolute atomic E-state index is 13.2. The molecule has 40 heavy (non-hydrogen) atoms. The Morgan fingerprint density at radius 3 is 2.58 bits per heavy atom. The smallest absolute Gasteiger partial charge is 0.410 e. The van der Waals surface area contributed by atoms with E-state index in [0.717, 1.165) is 27.7 Å². The first-order valence-electron chi connectivity index (χ1n) is 12.8. The second kappa shape index (κ2) is 13.4. The van der Waals surface area contributed by atoms with Crippen molar-refractivity contribution < 1.29 is 19.1 Å². The summed E-state index contributed by atoms with van der Waals surface area (Å²) in [4.78, 5) is 60.6. The summed E-state index contributed by atoms with van der Waals surface area (Å²) < 4.78 is 6.84. The fraction of sp³-hybridized carbons (Fsp3) is 0.345. The monoisotopic (exact) mass is 548 g/mol. The molecule has 0 saturated heterocycles. The van der Waals surface area contributed by atoms with Crippen molar-refractivity contribution in [2.24, 2.45) is 0 Å². The van der Waals surface area contributed by atoms with Crippen LogP contribution < -0.4 is 10.9 Å². The van der Waals surface area contributed by atoms with Gasteiger partial charge in [0.2, 0.25) is 5.91 Å². The third kappa shape index (κ3) is 7.92. The Hall–Kier alpha value is -4.67. The highest BCUT2D eigenvalue weighted by molar-refractivity contribution is 5.95. The summed E-state index contributed by atoms with van der Waals surface area (Å²) >= 11 is 0. The minimum Gasteiger partial charge on any atom is -0.436 e. The van der Waals surface area contributed by atoms with Crippen LogP contribution in [-0.2, 0) is 20.9 Å². The van der Waals surface area contributed by atoms with E-state index in [4.69, 9.17) is 4.74 Å². The summed E-state index contributed by atoms with van der Waals surface area (Å²) in [7, 11) is 6.27. The number of likely N-dealkylation sites (N-methyl/N-ethyl adjacent to an activating group) is 1. The summed E-state index contributed by atoms with van der Waals surface area (Å²) in [5.41, 5.74) is 3.46. The van der Waals surface area contributed by atoms with Gasteiger partial charge in [-0.25, -0.2) is 4.79 Å². The minimum absolute atomic E-state index is 0.0553. The van der Waals surface area contributed by atoms with Crippen molar-refractivity contribution in [2.45, 2.75) is 39.3 Å². The van der Waals surface area contributed by atoms with Crippen LogP contribution in [-0.4, -0.2) is 76.5 Å². The van der Waals surface area contributed by atoms with E-state index in [1.807, 2.05) is 26.0 Å². The molecule has 2 N–H and O–H groups in total. The fourth-order valence-corrected chi connectivity index (χ4v) is 3.84. The number of aromatic amines is 1. The molecule has 212 valence electrons. The van der Waals surface area contributed by atoms with Crippen LogP contribution in [0.1, 0.15) is 37.9 Å². The van der Waals surface area contributed by atoms with Crippen molar-refractivity contribution in [3.63, 3.8) is 0 Å². The summed E-state index contributed by atoms with van der Waals surface area (Å²) in [6.07, 6.45) is 8.79. The highest BCUT2D eigenvalue weighted by Gasteiger charge is 2.24. The van der Waals surface area contributed by atoms with Crippen LogP contribution in [0, 0.1) is 0 Å². The number of hydrogen-bond acceptors (Lipinski definition) is 6. The van der Waals surface area contributed by atoms with Gasteiger partial charge in [0.25, 0.3) is 11.5 Å². The van der Waals surface area contributed by atoms with Gasteiger partial charge in [-0.2, -0.15) is 0 Å². The molecule has 11 heteroatoms. The first kappa shape index (κ1) is 29.9. The molecule has 3 rings (SSSR count). The number of H-pyrrole nitrogens is 1. The Balaban J connectivity index is 1.78. The molecule has 0 aromatic carbocycles. The molecule has 0 aliphatic rings. The van der Waals surface area contributed by atoms with E-state index in [1.54, 1.807) is 44.8 Å². The van der Waals surface area contributed by atoms with Crippen molar-refractivity contribution in [1.29, 1.82) is 0 Å². The average molecular weight is 549 g/mol. The summed E-state index contributed by atoms with van der Waals surface area (Å²) in [6, 6.07) is 5.10. The lowest BCUT2D eigenvalue weighted by Gasteiger charge is -2.19. The average Bonchev–Trinajstić information content (AvgIpc) is 3.31. The number of pyridine rings is 2. The number of carbonyl (C=O) groups excluding carboxylic acids is 3. The molecular weight excluding hydrogens is 512 g/mol. The molecule has 0 unspecified atom stereocenters. The molecule has 3 aromatic heterocycles. The number of rotatable bonds is 10. The first-order chi connectivity index (χ1) is 19.0. The van der Waals surface area contributed by atoms with E-state index in [2.05, 4.69) is 15.3 Å². The molecule has 0 aliphatic heterocycles. The van der Waals surface area contributed by atoms with Crippen molar-refractivity contribution in [3.8, 4) is 0 Å². The minimum atomic E-state index is -1.17. The predicted molar refractivity (Wildman–Crippen MR) is 155 cm³/mol. The lowest BCUT2D eigenvalue weighted by molar-refractivity contribution is -0.125. The second-order valence-corrected chi connectivity index (χ2v) is 10.0. The molecule has 3 aromatic rings. The summed E-state index contributed by atoms with van der Waals surface area (Å²) in [6.45, 7) is 4.27. The van der Waals surface area contributed by atoms with Gasteiger partial charge in [0.1, 0.15) is 5.69 Å². The molecule has 0 bridgehead atoms. The molecule has 11 nitrogen and oxygen atoms in total. The predicted octanol–water partition coefficient (Wildman–Crippen LogP) is 3.63. The van der Waals surface area contributed by atoms with Gasteiger partial charge in [-0.05, 0) is 51.0 Å². The lowest BCUT2D eigenvalue weighted by Crippen LogP contribution is -2.37. The Morgan fingerprint density at radius 1 is 1.15 bits per heavy atom. The molecule has 0 radical (unpaired) electrons. The normalized spacial score (nSPS) is 11.8. The highest BCUT2D eigenvalue weighted by atomic mass is 16.6. The number of anilines is 1. The molecule has 3 amide bonds. The van der Waals surface area contributed by atoms with Crippen molar-refractivity contribution in [3.05, 3.63) is 76.1 Å². The summed E-state index contributed by atoms with van der Waals surface area (Å²) in [5.74, 6) is -0.837. The second-order valence-electron chi connectivity index (χ2n) is 10.0. The van der Waals surface area contributed by atoms with Crippen LogP contribution in [0.5, 0.6) is 0 Å². The third-order valence-electron chi connectivity index (χ3n) is 5.88. The Bertz CT molecular complexity index is 1490. The molecule has 0 saturated carbocycles. The van der Waals surface area contributed by atoms with Gasteiger partial charge in [0.05, 0.1) is 12.1 Å². The maximum atomic E-state index is 13.2. The molecule has 0 spiro atoms. The SMILES string of the molecule is CC(C)=Cc1cncc2cc(Cn3cccc(NC(=O)[C@H](CC/C=C/C(=O)N(C)C)OC(=O)N(C)C)c3=O)[nH]c12. The zero-order chi connectivity index (χ0) is 29.4. The van der Waals surface area contributed by atoms with Crippen LogP contribution in [0.2, 0.25) is 0 Å². The van der Waals surface area contributed by atoms with Gasteiger partial charge in [0.15, 0.2) is 6.10 Å². The van der Waals surface area contributed by atoms with Gasteiger partial charge in [-0.3, -0.25) is 19.4 Å². The maximum Gasteiger partial charge on any atom is 0.410 e. The topological polar surface area (TPSA) is 130 Å². The lowest BCUT2D eigenvalue weighted by atomic mass is 10.1. The Kier molecular flexibility index (Phi) is 10.0. The zero-order valence-corrected chi connectivity index (χ0v) is 23.7. The largest absolute Gasteiger partial charge is 0.436 e. The summed E-state index contributed by atoms with van der Waals surface area (Å²) in [5, 5.41) is 3.54. The Labute approximate surface area is 233 Å². The van der Waals surface area contributed by atoms with E-state index < -0.39 is 23.7 Å². The molecular formula is C29H36N6O5. The number of amides is 3. The molecule has 3 heterocycles. The number of carbonyl (C=O) groups is 3. The van der Waals surface area contributed by atoms with Gasteiger partial charge in [0, 0.05) is 63.4 Å². The van der Waals surface area contributed by atoms with E-state index in [1.165, 1.54) is 40.6 Å². The van der Waals surface area contributed by atoms with Crippen LogP contribution in [0.3, 0.4) is 0 Å². The number of ether oxygens (including phenoxy) is 1. The van der Waals surface area contributed by atoms with Crippen LogP contribution >= 0.6 is 0 Å². The van der Waals surface area contributed by atoms with E-state index in [-0.39, 0.29) is 24.6 Å². The van der Waals surface area contributed by atoms with Crippen LogP contribution in [0.4, 0.5) is 10.5 Å². The van der Waals surface area contributed by atoms with Crippen LogP contribution in [0.15, 0.2) is 59.3 Å². The number of allylic oxidation sites excluding steroid dienone is 2. The number of hydrogen-bond donors (Lipinski definition) is 2. The third-order valence-corrected chi connectivity index (χ3v) is 5.88. The standard InChI is InChI=1S/C29H36N6O5/c1-19(2)14-20-16-30-17-21-15-22(31-26(20)21)18-35-13-9-10-23(28(35)38)32-27(37)24(40-29(39)34(5)6)11-7-8-12-25(36)33(3)4/h8-10,12-17,24,31H,7,11,18H2,1-6H3,(H,32,37)/b12-8+/t24-/m0/s1. The van der Waals surface area contributed by atoms with E-state index in [9.17, 15) is 19.2 Å². The highest BCUT2D eigenvalue weighted by Crippen LogP contribution is 2.21. The van der Waals surface area contributed by atoms with Gasteiger partial charge in [-0.15, -0.1) is 0 Å². The van der Waals surface area contributed by atoms with Crippen molar-refractivity contribution in [1.82, 2.24) is 24.3 Å². The zero-order valence-electron chi connectivity index (χ0n) is 23.7. The molecule has 0 aliphatic carbocycles. The number of nitrogens with one attached hydrogen (secondary N) is 2. The number of aromatic nitrogens is 3. The van der Waals surface area contributed by atoms with Gasteiger partial charge < -0.3 is 29.4 Å². The molecule has 0 fully saturated rings. The van der Waals surface area contributed by atoms with Crippen molar-refractivity contribution in [2.75, 3.05) is 33.5 Å². The van der Waals surface area contributed by atoms with E-state index in [0.29, 0.717) is 6.42 Å². The van der Waals surface area contributed by atoms with Gasteiger partial charge in [-0.1, -0.05) is 17.7 Å². The van der Waals surface area contributed by atoms with Crippen molar-refractivity contribution >= 4 is 40.6 Å². The quantitative estimate of drug-likeness (QED) is 0.372. The number of fused-ring (bicyclic) bond motifs is 1. The van der Waals surface area contributed by atoms with Gasteiger partial charge >= 0.3 is 6.09 Å². The number of nitrogens with zero attached hydrogens (tertiary/aromatic N) is 4. The van der Waals surface area contributed by atoms with E-state index >= 15 is 0 Å². The fourth-order valence-electron chi connectivity index (χ4n) is 3.84. The molecule has 1 atom stereocenters. The van der Waals surface area contributed by atoms with Crippen LogP contribution in [0.25, 0.3) is 17.0 Å².